The van der Waals surface area contributed by atoms with E-state index in [2.05, 4.69) is 11.6 Å². The van der Waals surface area contributed by atoms with Crippen molar-refractivity contribution in [1.82, 2.24) is 0 Å². The number of aliphatic imine (C=N–C) groups is 1. The minimum atomic E-state index is 0.890. The van der Waals surface area contributed by atoms with Crippen LogP contribution in [0.25, 0.3) is 0 Å². The fourth-order valence-electron chi connectivity index (χ4n) is 0.879. The zero-order chi connectivity index (χ0) is 9.36. The van der Waals surface area contributed by atoms with Crippen LogP contribution in [0, 0.1) is 0 Å². The predicted octanol–water partition coefficient (Wildman–Crippen LogP) is 3.52. The van der Waals surface area contributed by atoms with Crippen molar-refractivity contribution in [3.8, 4) is 0 Å². The summed E-state index contributed by atoms with van der Waals surface area (Å²) in [4.78, 5) is 4.23. The number of benzene rings is 1. The molecule has 0 saturated heterocycles. The third kappa shape index (κ3) is 4.06. The lowest BCUT2D eigenvalue weighted by Crippen LogP contribution is -1.65. The second kappa shape index (κ2) is 5.95. The van der Waals surface area contributed by atoms with Crippen molar-refractivity contribution < 1.29 is 0 Å². The summed E-state index contributed by atoms with van der Waals surface area (Å²) in [7, 11) is 0. The minimum Gasteiger partial charge on any atom is -0.257 e. The molecule has 0 bridgehead atoms. The van der Waals surface area contributed by atoms with Crippen LogP contribution in [-0.4, -0.2) is 6.21 Å². The Morgan fingerprint density at radius 1 is 1.23 bits per heavy atom. The highest BCUT2D eigenvalue weighted by molar-refractivity contribution is 5.74. The van der Waals surface area contributed by atoms with Crippen molar-refractivity contribution in [1.29, 1.82) is 0 Å². The summed E-state index contributed by atoms with van der Waals surface area (Å²) in [6, 6.07) is 9.86. The van der Waals surface area contributed by atoms with Gasteiger partial charge in [0.25, 0.3) is 0 Å². The molecule has 0 N–H and O–H groups in total. The Bertz CT molecular complexity index is 296. The molecular weight excluding hydrogens is 158 g/mol. The Kier molecular flexibility index (Phi) is 4.33. The van der Waals surface area contributed by atoms with Crippen molar-refractivity contribution >= 4 is 11.9 Å². The number of nitrogens with zero attached hydrogens (tertiary/aromatic N) is 1. The number of hydrogen-bond acceptors (Lipinski definition) is 1. The SMILES string of the molecule is C=CC/C=C\C=Nc1ccccc1. The van der Waals surface area contributed by atoms with Crippen molar-refractivity contribution in [3.05, 3.63) is 55.1 Å². The smallest absolute Gasteiger partial charge is 0.0629 e. The van der Waals surface area contributed by atoms with E-state index >= 15 is 0 Å². The van der Waals surface area contributed by atoms with Crippen molar-refractivity contribution in [2.75, 3.05) is 0 Å². The van der Waals surface area contributed by atoms with Crippen LogP contribution in [0.2, 0.25) is 0 Å². The van der Waals surface area contributed by atoms with Gasteiger partial charge in [0.2, 0.25) is 0 Å². The number of para-hydroxylation sites is 1. The first-order valence-electron chi connectivity index (χ1n) is 4.28. The molecule has 0 atom stereocenters. The molecule has 0 aliphatic rings. The van der Waals surface area contributed by atoms with Gasteiger partial charge in [0.15, 0.2) is 0 Å². The van der Waals surface area contributed by atoms with Gasteiger partial charge < -0.3 is 0 Å². The molecule has 0 spiro atoms. The van der Waals surface area contributed by atoms with Gasteiger partial charge in [-0.3, -0.25) is 4.99 Å². The van der Waals surface area contributed by atoms with Crippen molar-refractivity contribution in [2.24, 2.45) is 4.99 Å². The number of hydrogen-bond donors (Lipinski definition) is 0. The highest BCUT2D eigenvalue weighted by Crippen LogP contribution is 2.08. The first-order valence-corrected chi connectivity index (χ1v) is 4.28. The molecule has 0 unspecified atom stereocenters. The molecule has 0 saturated carbocycles. The van der Waals surface area contributed by atoms with Crippen LogP contribution < -0.4 is 0 Å². The molecule has 0 fully saturated rings. The maximum Gasteiger partial charge on any atom is 0.0629 e. The van der Waals surface area contributed by atoms with Crippen molar-refractivity contribution in [2.45, 2.75) is 6.42 Å². The van der Waals surface area contributed by atoms with E-state index in [0.29, 0.717) is 0 Å². The van der Waals surface area contributed by atoms with E-state index in [1.165, 1.54) is 0 Å². The summed E-state index contributed by atoms with van der Waals surface area (Å²) in [6.07, 6.45) is 8.47. The Hall–Kier alpha value is -1.63. The van der Waals surface area contributed by atoms with Gasteiger partial charge in [-0.25, -0.2) is 0 Å². The normalized spacial score (nSPS) is 11.1. The molecule has 0 amide bonds. The lowest BCUT2D eigenvalue weighted by molar-refractivity contribution is 1.41. The molecule has 1 nitrogen and oxygen atoms in total. The first-order chi connectivity index (χ1) is 6.43. The van der Waals surface area contributed by atoms with E-state index in [1.54, 1.807) is 6.21 Å². The Morgan fingerprint density at radius 2 is 2.00 bits per heavy atom. The maximum atomic E-state index is 4.23. The summed E-state index contributed by atoms with van der Waals surface area (Å²) in [5, 5.41) is 0. The standard InChI is InChI=1S/C12H13N/c1-2-3-4-8-11-13-12-9-6-5-7-10-12/h2,4-11H,1,3H2/b8-4-,13-11?. The lowest BCUT2D eigenvalue weighted by Gasteiger charge is -1.87. The monoisotopic (exact) mass is 171 g/mol. The molecule has 1 aromatic rings. The van der Waals surface area contributed by atoms with E-state index in [1.807, 2.05) is 48.6 Å². The summed E-state index contributed by atoms with van der Waals surface area (Å²) in [5.74, 6) is 0. The van der Waals surface area contributed by atoms with Gasteiger partial charge in [0, 0.05) is 6.21 Å². The van der Waals surface area contributed by atoms with Crippen LogP contribution >= 0.6 is 0 Å². The molecule has 0 heterocycles. The van der Waals surface area contributed by atoms with Gasteiger partial charge in [-0.15, -0.1) is 6.58 Å². The third-order valence-electron chi connectivity index (χ3n) is 1.50. The zero-order valence-electron chi connectivity index (χ0n) is 7.56. The summed E-state index contributed by atoms with van der Waals surface area (Å²) < 4.78 is 0. The van der Waals surface area contributed by atoms with Crippen LogP contribution in [0.4, 0.5) is 5.69 Å². The Labute approximate surface area is 79.1 Å². The van der Waals surface area contributed by atoms with Crippen LogP contribution in [0.3, 0.4) is 0 Å². The molecule has 1 aromatic carbocycles. The van der Waals surface area contributed by atoms with Gasteiger partial charge in [0.05, 0.1) is 5.69 Å². The molecule has 13 heavy (non-hydrogen) atoms. The largest absolute Gasteiger partial charge is 0.257 e. The molecule has 1 heteroatoms. The van der Waals surface area contributed by atoms with Crippen molar-refractivity contribution in [3.63, 3.8) is 0 Å². The van der Waals surface area contributed by atoms with E-state index in [4.69, 9.17) is 0 Å². The molecule has 0 aliphatic heterocycles. The quantitative estimate of drug-likeness (QED) is 0.485. The Morgan fingerprint density at radius 3 is 2.69 bits per heavy atom. The fraction of sp³-hybridized carbons (Fsp3) is 0.0833. The average molecular weight is 171 g/mol. The Balaban J connectivity index is 2.45. The van der Waals surface area contributed by atoms with E-state index in [-0.39, 0.29) is 0 Å². The maximum absolute atomic E-state index is 4.23. The molecule has 0 aromatic heterocycles. The van der Waals surface area contributed by atoms with Crippen LogP contribution in [0.5, 0.6) is 0 Å². The minimum absolute atomic E-state index is 0.890. The van der Waals surface area contributed by atoms with E-state index in [9.17, 15) is 0 Å². The summed E-state index contributed by atoms with van der Waals surface area (Å²) in [6.45, 7) is 3.62. The molecule has 0 aliphatic carbocycles. The van der Waals surface area contributed by atoms with Crippen LogP contribution in [-0.2, 0) is 0 Å². The predicted molar refractivity (Wildman–Crippen MR) is 58.5 cm³/mol. The number of rotatable bonds is 4. The van der Waals surface area contributed by atoms with E-state index < -0.39 is 0 Å². The van der Waals surface area contributed by atoms with Gasteiger partial charge in [-0.1, -0.05) is 30.4 Å². The highest BCUT2D eigenvalue weighted by Gasteiger charge is 1.79. The molecular formula is C12H13N. The second-order valence-corrected chi connectivity index (χ2v) is 2.57. The van der Waals surface area contributed by atoms with Gasteiger partial charge >= 0.3 is 0 Å². The number of allylic oxidation sites excluding steroid dienone is 3. The molecule has 1 rings (SSSR count). The van der Waals surface area contributed by atoms with Gasteiger partial charge in [-0.05, 0) is 24.6 Å². The lowest BCUT2D eigenvalue weighted by atomic mass is 10.3. The average Bonchev–Trinajstić information content (AvgIpc) is 2.19. The topological polar surface area (TPSA) is 12.4 Å². The van der Waals surface area contributed by atoms with E-state index in [0.717, 1.165) is 12.1 Å². The summed E-state index contributed by atoms with van der Waals surface area (Å²) in [5.41, 5.74) is 0.978. The zero-order valence-corrected chi connectivity index (χ0v) is 7.56. The molecule has 66 valence electrons. The third-order valence-corrected chi connectivity index (χ3v) is 1.50. The van der Waals surface area contributed by atoms with Gasteiger partial charge in [-0.2, -0.15) is 0 Å². The van der Waals surface area contributed by atoms with Crippen LogP contribution in [0.1, 0.15) is 6.42 Å². The highest BCUT2D eigenvalue weighted by atomic mass is 14.7. The summed E-state index contributed by atoms with van der Waals surface area (Å²) >= 11 is 0. The van der Waals surface area contributed by atoms with Crippen LogP contribution in [0.15, 0.2) is 60.1 Å². The fourth-order valence-corrected chi connectivity index (χ4v) is 0.879. The first kappa shape index (κ1) is 9.46. The molecule has 0 radical (unpaired) electrons. The second-order valence-electron chi connectivity index (χ2n) is 2.57. The van der Waals surface area contributed by atoms with Gasteiger partial charge in [0.1, 0.15) is 0 Å².